The highest BCUT2D eigenvalue weighted by Crippen LogP contribution is 2.42. The van der Waals surface area contributed by atoms with Crippen molar-refractivity contribution in [2.45, 2.75) is 45.6 Å². The van der Waals surface area contributed by atoms with Crippen molar-refractivity contribution >= 4 is 29.9 Å². The molecule has 128 valence electrons. The third-order valence-electron chi connectivity index (χ3n) is 4.69. The maximum Gasteiger partial charge on any atom is 0.194 e. The van der Waals surface area contributed by atoms with E-state index in [1.165, 1.54) is 6.42 Å². The predicted molar refractivity (Wildman–Crippen MR) is 104 cm³/mol. The molecule has 23 heavy (non-hydrogen) atoms. The molecule has 1 saturated carbocycles. The zero-order valence-electron chi connectivity index (χ0n) is 14.2. The third kappa shape index (κ3) is 4.37. The first-order valence-corrected chi connectivity index (χ1v) is 8.30. The van der Waals surface area contributed by atoms with Gasteiger partial charge in [-0.05, 0) is 36.8 Å². The number of likely N-dealkylation sites (tertiary alicyclic amines) is 1. The van der Waals surface area contributed by atoms with E-state index < -0.39 is 0 Å². The summed E-state index contributed by atoms with van der Waals surface area (Å²) >= 11 is 0. The Labute approximate surface area is 155 Å². The molecule has 3 rings (SSSR count). The molecule has 2 fully saturated rings. The van der Waals surface area contributed by atoms with Crippen molar-refractivity contribution in [2.24, 2.45) is 10.4 Å². The third-order valence-corrected chi connectivity index (χ3v) is 4.69. The molecule has 0 radical (unpaired) electrons. The zero-order chi connectivity index (χ0) is 15.7. The van der Waals surface area contributed by atoms with E-state index in [1.54, 1.807) is 12.1 Å². The van der Waals surface area contributed by atoms with E-state index in [-0.39, 0.29) is 35.7 Å². The van der Waals surface area contributed by atoms with Crippen molar-refractivity contribution in [2.75, 3.05) is 19.6 Å². The number of guanidine groups is 1. The molecule has 0 amide bonds. The smallest absolute Gasteiger partial charge is 0.194 e. The second-order valence-corrected chi connectivity index (χ2v) is 7.25. The van der Waals surface area contributed by atoms with E-state index in [9.17, 15) is 4.39 Å². The van der Waals surface area contributed by atoms with Crippen molar-refractivity contribution in [3.63, 3.8) is 0 Å². The molecule has 1 aromatic rings. The van der Waals surface area contributed by atoms with Crippen LogP contribution >= 0.6 is 24.0 Å². The molecule has 0 spiro atoms. The van der Waals surface area contributed by atoms with Gasteiger partial charge in [-0.15, -0.1) is 24.0 Å². The van der Waals surface area contributed by atoms with Gasteiger partial charge in [0, 0.05) is 31.6 Å². The average Bonchev–Trinajstić information content (AvgIpc) is 3.13. The number of nitrogens with one attached hydrogen (secondary N) is 1. The lowest BCUT2D eigenvalue weighted by atomic mass is 9.93. The summed E-state index contributed by atoms with van der Waals surface area (Å²) < 4.78 is 13.9. The fourth-order valence-electron chi connectivity index (χ4n) is 3.32. The molecule has 1 aliphatic heterocycles. The van der Waals surface area contributed by atoms with Gasteiger partial charge in [0.15, 0.2) is 5.96 Å². The van der Waals surface area contributed by atoms with Crippen molar-refractivity contribution in [3.05, 3.63) is 35.6 Å². The molecule has 1 aliphatic carbocycles. The Balaban J connectivity index is 0.00000192. The number of halogens is 2. The van der Waals surface area contributed by atoms with Crippen LogP contribution in [-0.4, -0.2) is 36.5 Å². The molecule has 1 saturated heterocycles. The number of benzene rings is 1. The first-order valence-electron chi connectivity index (χ1n) is 8.30. The van der Waals surface area contributed by atoms with Crippen molar-refractivity contribution in [3.8, 4) is 0 Å². The summed E-state index contributed by atoms with van der Waals surface area (Å²) in [6, 6.07) is 7.43. The molecule has 2 atom stereocenters. The van der Waals surface area contributed by atoms with Crippen LogP contribution in [0.25, 0.3) is 0 Å². The highest BCUT2D eigenvalue weighted by molar-refractivity contribution is 14.0. The summed E-state index contributed by atoms with van der Waals surface area (Å²) in [4.78, 5) is 6.99. The molecule has 0 aromatic heterocycles. The summed E-state index contributed by atoms with van der Waals surface area (Å²) in [6.45, 7) is 9.53. The summed E-state index contributed by atoms with van der Waals surface area (Å²) in [5.41, 5.74) is 1.18. The standard InChI is InChI=1S/C18H26FN3.HI/c1-4-20-17(22-10-9-18(2,3)12-22)21-16-11-14(16)13-7-5-6-8-15(13)19;/h5-8,14,16H,4,9-12H2,1-3H3,(H,20,21);1H. The largest absolute Gasteiger partial charge is 0.353 e. The van der Waals surface area contributed by atoms with E-state index in [4.69, 9.17) is 0 Å². The van der Waals surface area contributed by atoms with Crippen LogP contribution in [0, 0.1) is 11.2 Å². The van der Waals surface area contributed by atoms with E-state index >= 15 is 0 Å². The van der Waals surface area contributed by atoms with E-state index in [0.29, 0.717) is 11.5 Å². The van der Waals surface area contributed by atoms with Crippen LogP contribution in [0.15, 0.2) is 29.3 Å². The lowest BCUT2D eigenvalue weighted by Gasteiger charge is -2.24. The molecule has 2 aliphatic rings. The second kappa shape index (κ2) is 7.36. The van der Waals surface area contributed by atoms with Crippen LogP contribution in [0.4, 0.5) is 4.39 Å². The topological polar surface area (TPSA) is 27.6 Å². The van der Waals surface area contributed by atoms with E-state index in [0.717, 1.165) is 37.6 Å². The first-order chi connectivity index (χ1) is 10.5. The van der Waals surface area contributed by atoms with Crippen LogP contribution in [0.1, 0.15) is 45.1 Å². The van der Waals surface area contributed by atoms with Crippen LogP contribution in [-0.2, 0) is 0 Å². The monoisotopic (exact) mass is 431 g/mol. The number of hydrogen-bond donors (Lipinski definition) is 1. The molecule has 2 unspecified atom stereocenters. The molecule has 1 heterocycles. The van der Waals surface area contributed by atoms with Gasteiger partial charge in [-0.25, -0.2) is 4.39 Å². The predicted octanol–water partition coefficient (Wildman–Crippen LogP) is 4.00. The molecular formula is C18H27FIN3. The highest BCUT2D eigenvalue weighted by Gasteiger charge is 2.42. The first kappa shape index (κ1) is 18.5. The van der Waals surface area contributed by atoms with Gasteiger partial charge < -0.3 is 10.2 Å². The van der Waals surface area contributed by atoms with Crippen LogP contribution in [0.3, 0.4) is 0 Å². The van der Waals surface area contributed by atoms with E-state index in [1.807, 2.05) is 12.1 Å². The minimum Gasteiger partial charge on any atom is -0.353 e. The number of hydrogen-bond acceptors (Lipinski definition) is 1. The molecular weight excluding hydrogens is 404 g/mol. The van der Waals surface area contributed by atoms with Gasteiger partial charge in [0.05, 0.1) is 0 Å². The minimum atomic E-state index is -0.0897. The van der Waals surface area contributed by atoms with Crippen molar-refractivity contribution in [1.29, 1.82) is 0 Å². The van der Waals surface area contributed by atoms with Gasteiger partial charge in [-0.2, -0.15) is 0 Å². The molecule has 3 nitrogen and oxygen atoms in total. The van der Waals surface area contributed by atoms with Crippen molar-refractivity contribution in [1.82, 2.24) is 10.2 Å². The van der Waals surface area contributed by atoms with E-state index in [2.05, 4.69) is 36.0 Å². The van der Waals surface area contributed by atoms with Crippen molar-refractivity contribution < 1.29 is 4.39 Å². The summed E-state index contributed by atoms with van der Waals surface area (Å²) in [7, 11) is 0. The fourth-order valence-corrected chi connectivity index (χ4v) is 3.32. The van der Waals surface area contributed by atoms with Crippen LogP contribution < -0.4 is 5.32 Å². The average molecular weight is 431 g/mol. The number of rotatable bonds is 3. The lowest BCUT2D eigenvalue weighted by Crippen LogP contribution is -2.42. The van der Waals surface area contributed by atoms with Gasteiger partial charge >= 0.3 is 0 Å². The summed E-state index contributed by atoms with van der Waals surface area (Å²) in [5.74, 6) is 1.18. The minimum absolute atomic E-state index is 0. The highest BCUT2D eigenvalue weighted by atomic mass is 127. The van der Waals surface area contributed by atoms with Gasteiger partial charge in [-0.1, -0.05) is 32.0 Å². The number of nitrogens with zero attached hydrogens (tertiary/aromatic N) is 2. The number of aliphatic imine (C=N–C) groups is 1. The Kier molecular flexibility index (Phi) is 5.92. The molecule has 1 aromatic carbocycles. The Morgan fingerprint density at radius 2 is 2.13 bits per heavy atom. The lowest BCUT2D eigenvalue weighted by molar-refractivity contribution is 0.369. The quantitative estimate of drug-likeness (QED) is 0.445. The maximum atomic E-state index is 13.9. The van der Waals surface area contributed by atoms with Gasteiger partial charge in [0.25, 0.3) is 0 Å². The Bertz CT molecular complexity index is 573. The fraction of sp³-hybridized carbons (Fsp3) is 0.611. The SMILES string of the molecule is CCN=C(NC1CC1c1ccccc1F)N1CCC(C)(C)C1.I. The Hall–Kier alpha value is -0.850. The van der Waals surface area contributed by atoms with Gasteiger partial charge in [0.1, 0.15) is 5.82 Å². The summed E-state index contributed by atoms with van der Waals surface area (Å²) in [6.07, 6.45) is 2.18. The summed E-state index contributed by atoms with van der Waals surface area (Å²) in [5, 5.41) is 3.56. The van der Waals surface area contributed by atoms with Gasteiger partial charge in [-0.3, -0.25) is 4.99 Å². The molecule has 5 heteroatoms. The molecule has 0 bridgehead atoms. The van der Waals surface area contributed by atoms with Crippen LogP contribution in [0.2, 0.25) is 0 Å². The normalized spacial score (nSPS) is 25.9. The Morgan fingerprint density at radius 3 is 2.74 bits per heavy atom. The van der Waals surface area contributed by atoms with Gasteiger partial charge in [0.2, 0.25) is 0 Å². The molecule has 1 N–H and O–H groups in total. The maximum absolute atomic E-state index is 13.9. The Morgan fingerprint density at radius 1 is 1.39 bits per heavy atom. The zero-order valence-corrected chi connectivity index (χ0v) is 16.5. The second-order valence-electron chi connectivity index (χ2n) is 7.25. The van der Waals surface area contributed by atoms with Crippen LogP contribution in [0.5, 0.6) is 0 Å².